The summed E-state index contributed by atoms with van der Waals surface area (Å²) in [5.74, 6) is -0.367. The van der Waals surface area contributed by atoms with Gasteiger partial charge in [-0.2, -0.15) is 5.10 Å². The van der Waals surface area contributed by atoms with E-state index in [-0.39, 0.29) is 22.4 Å². The number of rotatable bonds is 2. The monoisotopic (exact) mass is 350 g/mol. The number of hydrogen-bond donors (Lipinski definition) is 0. The van der Waals surface area contributed by atoms with Crippen molar-refractivity contribution in [3.05, 3.63) is 60.6 Å². The lowest BCUT2D eigenvalue weighted by Gasteiger charge is -2.06. The van der Waals surface area contributed by atoms with Crippen LogP contribution in [-0.4, -0.2) is 9.78 Å². The van der Waals surface area contributed by atoms with Gasteiger partial charge >= 0.3 is 0 Å². The van der Waals surface area contributed by atoms with E-state index in [1.807, 2.05) is 0 Å². The highest BCUT2D eigenvalue weighted by molar-refractivity contribution is 9.10. The van der Waals surface area contributed by atoms with Crippen molar-refractivity contribution in [1.82, 2.24) is 9.78 Å². The summed E-state index contributed by atoms with van der Waals surface area (Å²) in [6, 6.07) is 4.45. The molecule has 0 aliphatic rings. The van der Waals surface area contributed by atoms with Crippen molar-refractivity contribution in [2.75, 3.05) is 0 Å². The Kier molecular flexibility index (Phi) is 4.04. The smallest absolute Gasteiger partial charge is 0.266 e. The van der Waals surface area contributed by atoms with Gasteiger partial charge in [0, 0.05) is 0 Å². The van der Waals surface area contributed by atoms with Crippen LogP contribution in [0.15, 0.2) is 33.7 Å². The van der Waals surface area contributed by atoms with E-state index in [9.17, 15) is 9.18 Å². The van der Waals surface area contributed by atoms with Gasteiger partial charge in [0.1, 0.15) is 10.8 Å². The molecule has 3 nitrogen and oxygen atoms in total. The molecule has 94 valence electrons. The summed E-state index contributed by atoms with van der Waals surface area (Å²) in [5.41, 5.74) is 0.237. The summed E-state index contributed by atoms with van der Waals surface area (Å²) in [5, 5.41) is 3.90. The second-order valence-electron chi connectivity index (χ2n) is 3.52. The Hall–Kier alpha value is -0.910. The molecule has 0 aliphatic carbocycles. The molecule has 7 heteroatoms. The Labute approximate surface area is 120 Å². The third-order valence-corrected chi connectivity index (χ3v) is 3.61. The summed E-state index contributed by atoms with van der Waals surface area (Å²) in [6.07, 6.45) is 1.30. The number of halogens is 4. The standard InChI is InChI=1S/C11H6BrCl2FN2O/c12-7-3-6(1-2-9(7)15)5-17-11(18)10(14)8(13)4-16-17/h1-4H,5H2. The molecule has 18 heavy (non-hydrogen) atoms. The lowest BCUT2D eigenvalue weighted by molar-refractivity contribution is 0.613. The summed E-state index contributed by atoms with van der Waals surface area (Å²) in [6.45, 7) is 0.189. The molecule has 0 atom stereocenters. The van der Waals surface area contributed by atoms with Crippen molar-refractivity contribution in [2.24, 2.45) is 0 Å². The first-order valence-electron chi connectivity index (χ1n) is 4.84. The van der Waals surface area contributed by atoms with E-state index in [2.05, 4.69) is 21.0 Å². The summed E-state index contributed by atoms with van der Waals surface area (Å²) in [7, 11) is 0. The van der Waals surface area contributed by atoms with Gasteiger partial charge in [-0.25, -0.2) is 9.07 Å². The predicted octanol–water partition coefficient (Wildman–Crippen LogP) is 3.50. The normalized spacial score (nSPS) is 10.7. The Morgan fingerprint density at radius 1 is 1.39 bits per heavy atom. The highest BCUT2D eigenvalue weighted by Crippen LogP contribution is 2.18. The van der Waals surface area contributed by atoms with E-state index in [0.717, 1.165) is 10.2 Å². The molecule has 2 rings (SSSR count). The van der Waals surface area contributed by atoms with E-state index < -0.39 is 5.56 Å². The van der Waals surface area contributed by atoms with Crippen LogP contribution in [0, 0.1) is 5.82 Å². The highest BCUT2D eigenvalue weighted by atomic mass is 79.9. The largest absolute Gasteiger partial charge is 0.287 e. The van der Waals surface area contributed by atoms with Crippen molar-refractivity contribution >= 4 is 39.1 Å². The molecule has 2 aromatic rings. The van der Waals surface area contributed by atoms with Crippen molar-refractivity contribution in [3.8, 4) is 0 Å². The van der Waals surface area contributed by atoms with Gasteiger partial charge in [0.05, 0.1) is 22.2 Å². The molecule has 0 radical (unpaired) electrons. The van der Waals surface area contributed by atoms with Crippen LogP contribution in [0.3, 0.4) is 0 Å². The summed E-state index contributed by atoms with van der Waals surface area (Å²) >= 11 is 14.5. The third-order valence-electron chi connectivity index (χ3n) is 2.26. The number of benzene rings is 1. The van der Waals surface area contributed by atoms with Crippen LogP contribution in [0.2, 0.25) is 10.0 Å². The maximum Gasteiger partial charge on any atom is 0.287 e. The van der Waals surface area contributed by atoms with Crippen molar-refractivity contribution < 1.29 is 4.39 Å². The first kappa shape index (κ1) is 13.5. The van der Waals surface area contributed by atoms with E-state index in [4.69, 9.17) is 23.2 Å². The van der Waals surface area contributed by atoms with Crippen LogP contribution in [0.5, 0.6) is 0 Å². The molecule has 0 amide bonds. The number of aromatic nitrogens is 2. The molecular formula is C11H6BrCl2FN2O. The first-order chi connectivity index (χ1) is 8.49. The quantitative estimate of drug-likeness (QED) is 0.830. The van der Waals surface area contributed by atoms with Crippen molar-refractivity contribution in [2.45, 2.75) is 6.54 Å². The first-order valence-corrected chi connectivity index (χ1v) is 6.39. The van der Waals surface area contributed by atoms with Gasteiger partial charge in [0.2, 0.25) is 0 Å². The number of nitrogens with zero attached hydrogens (tertiary/aromatic N) is 2. The van der Waals surface area contributed by atoms with Crippen LogP contribution < -0.4 is 5.56 Å². The minimum absolute atomic E-state index is 0.0761. The zero-order valence-electron chi connectivity index (χ0n) is 8.83. The van der Waals surface area contributed by atoms with Gasteiger partial charge in [-0.15, -0.1) is 0 Å². The Bertz CT molecular complexity index is 660. The van der Waals surface area contributed by atoms with Gasteiger partial charge in [0.25, 0.3) is 5.56 Å². The van der Waals surface area contributed by atoms with E-state index in [0.29, 0.717) is 4.47 Å². The van der Waals surface area contributed by atoms with Crippen LogP contribution in [0.4, 0.5) is 4.39 Å². The van der Waals surface area contributed by atoms with E-state index in [1.54, 1.807) is 12.1 Å². The second kappa shape index (κ2) is 5.38. The van der Waals surface area contributed by atoms with Crippen molar-refractivity contribution in [1.29, 1.82) is 0 Å². The molecule has 0 fully saturated rings. The second-order valence-corrected chi connectivity index (χ2v) is 5.16. The van der Waals surface area contributed by atoms with E-state index >= 15 is 0 Å². The molecule has 1 aromatic carbocycles. The Balaban J connectivity index is 2.37. The van der Waals surface area contributed by atoms with Gasteiger partial charge in [-0.05, 0) is 33.6 Å². The minimum atomic E-state index is -0.482. The molecule has 1 aromatic heterocycles. The van der Waals surface area contributed by atoms with Gasteiger partial charge in [0.15, 0.2) is 0 Å². The minimum Gasteiger partial charge on any atom is -0.266 e. The van der Waals surface area contributed by atoms with Crippen LogP contribution in [0.25, 0.3) is 0 Å². The Morgan fingerprint density at radius 2 is 2.11 bits per heavy atom. The average Bonchev–Trinajstić information content (AvgIpc) is 2.34. The molecule has 0 aliphatic heterocycles. The van der Waals surface area contributed by atoms with Crippen LogP contribution in [0.1, 0.15) is 5.56 Å². The topological polar surface area (TPSA) is 34.9 Å². The zero-order valence-corrected chi connectivity index (χ0v) is 11.9. The molecule has 0 bridgehead atoms. The maximum atomic E-state index is 13.1. The summed E-state index contributed by atoms with van der Waals surface area (Å²) in [4.78, 5) is 11.7. The number of hydrogen-bond acceptors (Lipinski definition) is 2. The van der Waals surface area contributed by atoms with Crippen LogP contribution in [-0.2, 0) is 6.54 Å². The third kappa shape index (κ3) is 2.74. The molecule has 0 spiro atoms. The fourth-order valence-corrected chi connectivity index (χ4v) is 2.07. The maximum absolute atomic E-state index is 13.1. The average molecular weight is 352 g/mol. The lowest BCUT2D eigenvalue weighted by Crippen LogP contribution is -2.23. The SMILES string of the molecule is O=c1c(Cl)c(Cl)cnn1Cc1ccc(F)c(Br)c1. The molecule has 0 N–H and O–H groups in total. The molecule has 1 heterocycles. The molecule has 0 unspecified atom stereocenters. The fourth-order valence-electron chi connectivity index (χ4n) is 1.37. The molecule has 0 saturated heterocycles. The fraction of sp³-hybridized carbons (Fsp3) is 0.0909. The Morgan fingerprint density at radius 3 is 2.78 bits per heavy atom. The van der Waals surface area contributed by atoms with E-state index in [1.165, 1.54) is 12.3 Å². The predicted molar refractivity (Wildman–Crippen MR) is 71.7 cm³/mol. The van der Waals surface area contributed by atoms with Gasteiger partial charge < -0.3 is 0 Å². The lowest BCUT2D eigenvalue weighted by atomic mass is 10.2. The summed E-state index contributed by atoms with van der Waals surface area (Å²) < 4.78 is 14.6. The van der Waals surface area contributed by atoms with Crippen LogP contribution >= 0.6 is 39.1 Å². The van der Waals surface area contributed by atoms with Crippen molar-refractivity contribution in [3.63, 3.8) is 0 Å². The molecule has 0 saturated carbocycles. The van der Waals surface area contributed by atoms with Gasteiger partial charge in [-0.3, -0.25) is 4.79 Å². The molecular weight excluding hydrogens is 346 g/mol. The van der Waals surface area contributed by atoms with Gasteiger partial charge in [-0.1, -0.05) is 29.3 Å². The highest BCUT2D eigenvalue weighted by Gasteiger charge is 2.08. The zero-order chi connectivity index (χ0) is 13.3.